The summed E-state index contributed by atoms with van der Waals surface area (Å²) in [5.41, 5.74) is 0.477. The summed E-state index contributed by atoms with van der Waals surface area (Å²) in [5.74, 6) is -0.335. The molecule has 4 nitrogen and oxygen atoms in total. The van der Waals surface area contributed by atoms with Crippen LogP contribution in [0.5, 0.6) is 0 Å². The fourth-order valence-corrected chi connectivity index (χ4v) is 2.66. The highest BCUT2D eigenvalue weighted by Crippen LogP contribution is 2.31. The van der Waals surface area contributed by atoms with Gasteiger partial charge in [0.05, 0.1) is 17.0 Å². The Morgan fingerprint density at radius 2 is 2.35 bits per heavy atom. The largest absolute Gasteiger partial charge is 0.359 e. The SMILES string of the molecule is CNC(=O)C1(C)CCN(Cc2ccc(C#N)cc2F)C1. The van der Waals surface area contributed by atoms with Crippen molar-refractivity contribution in [2.24, 2.45) is 5.41 Å². The Kier molecular flexibility index (Phi) is 4.05. The van der Waals surface area contributed by atoms with Gasteiger partial charge in [-0.3, -0.25) is 9.69 Å². The number of likely N-dealkylation sites (tertiary alicyclic amines) is 1. The third-order valence-electron chi connectivity index (χ3n) is 3.90. The van der Waals surface area contributed by atoms with Gasteiger partial charge in [0.15, 0.2) is 0 Å². The van der Waals surface area contributed by atoms with Crippen molar-refractivity contribution in [3.05, 3.63) is 35.1 Å². The minimum absolute atomic E-state index is 0.0281. The lowest BCUT2D eigenvalue weighted by molar-refractivity contribution is -0.129. The van der Waals surface area contributed by atoms with Crippen LogP contribution in [0.4, 0.5) is 4.39 Å². The smallest absolute Gasteiger partial charge is 0.227 e. The Balaban J connectivity index is 2.06. The molecule has 0 aromatic heterocycles. The van der Waals surface area contributed by atoms with Gasteiger partial charge in [0.25, 0.3) is 0 Å². The molecule has 0 radical (unpaired) electrons. The topological polar surface area (TPSA) is 56.1 Å². The van der Waals surface area contributed by atoms with E-state index in [4.69, 9.17) is 5.26 Å². The molecule has 0 bridgehead atoms. The van der Waals surface area contributed by atoms with Gasteiger partial charge in [0.1, 0.15) is 5.82 Å². The second kappa shape index (κ2) is 5.59. The minimum Gasteiger partial charge on any atom is -0.359 e. The molecule has 1 atom stereocenters. The van der Waals surface area contributed by atoms with E-state index >= 15 is 0 Å². The number of nitriles is 1. The first kappa shape index (κ1) is 14.5. The van der Waals surface area contributed by atoms with Crippen LogP contribution < -0.4 is 5.32 Å². The molecule has 0 spiro atoms. The van der Waals surface area contributed by atoms with E-state index in [2.05, 4.69) is 10.2 Å². The molecule has 1 saturated heterocycles. The molecule has 1 N–H and O–H groups in total. The second-order valence-corrected chi connectivity index (χ2v) is 5.52. The van der Waals surface area contributed by atoms with Crippen molar-refractivity contribution in [2.45, 2.75) is 19.9 Å². The summed E-state index contributed by atoms with van der Waals surface area (Å²) in [4.78, 5) is 13.9. The van der Waals surface area contributed by atoms with Gasteiger partial charge < -0.3 is 5.32 Å². The van der Waals surface area contributed by atoms with Crippen LogP contribution in [0.1, 0.15) is 24.5 Å². The molecule has 1 aliphatic rings. The van der Waals surface area contributed by atoms with Crippen LogP contribution in [0.25, 0.3) is 0 Å². The molecule has 106 valence electrons. The Bertz CT molecular complexity index is 567. The fourth-order valence-electron chi connectivity index (χ4n) is 2.66. The lowest BCUT2D eigenvalue weighted by Gasteiger charge is -2.22. The molecular formula is C15H18FN3O. The number of halogens is 1. The predicted molar refractivity (Wildman–Crippen MR) is 73.2 cm³/mol. The zero-order valence-corrected chi connectivity index (χ0v) is 11.7. The van der Waals surface area contributed by atoms with E-state index in [0.717, 1.165) is 13.0 Å². The van der Waals surface area contributed by atoms with E-state index in [-0.39, 0.29) is 11.7 Å². The lowest BCUT2D eigenvalue weighted by atomic mass is 9.89. The molecule has 1 aliphatic heterocycles. The van der Waals surface area contributed by atoms with Crippen LogP contribution in [-0.2, 0) is 11.3 Å². The van der Waals surface area contributed by atoms with Gasteiger partial charge >= 0.3 is 0 Å². The molecule has 1 amide bonds. The standard InChI is InChI=1S/C15H18FN3O/c1-15(14(20)18-2)5-6-19(10-15)9-12-4-3-11(8-17)7-13(12)16/h3-4,7H,5-6,9-10H2,1-2H3,(H,18,20). The third-order valence-corrected chi connectivity index (χ3v) is 3.90. The summed E-state index contributed by atoms with van der Waals surface area (Å²) in [5, 5.41) is 11.4. The minimum atomic E-state index is -0.405. The van der Waals surface area contributed by atoms with Gasteiger partial charge in [-0.2, -0.15) is 5.26 Å². The quantitative estimate of drug-likeness (QED) is 0.912. The summed E-state index contributed by atoms with van der Waals surface area (Å²) in [6.07, 6.45) is 0.768. The van der Waals surface area contributed by atoms with Gasteiger partial charge in [-0.1, -0.05) is 6.07 Å². The molecule has 1 aromatic carbocycles. The monoisotopic (exact) mass is 275 g/mol. The van der Waals surface area contributed by atoms with Crippen molar-refractivity contribution in [1.29, 1.82) is 5.26 Å². The van der Waals surface area contributed by atoms with Crippen molar-refractivity contribution in [3.8, 4) is 6.07 Å². The van der Waals surface area contributed by atoms with Crippen LogP contribution in [0, 0.1) is 22.6 Å². The average molecular weight is 275 g/mol. The van der Waals surface area contributed by atoms with E-state index in [1.165, 1.54) is 6.07 Å². The second-order valence-electron chi connectivity index (χ2n) is 5.52. The number of hydrogen-bond acceptors (Lipinski definition) is 3. The summed E-state index contributed by atoms with van der Waals surface area (Å²) >= 11 is 0. The van der Waals surface area contributed by atoms with Gasteiger partial charge in [0.2, 0.25) is 5.91 Å². The van der Waals surface area contributed by atoms with Crippen molar-refractivity contribution in [3.63, 3.8) is 0 Å². The number of amides is 1. The first-order valence-electron chi connectivity index (χ1n) is 6.61. The van der Waals surface area contributed by atoms with Crippen LogP contribution in [0.2, 0.25) is 0 Å². The number of rotatable bonds is 3. The van der Waals surface area contributed by atoms with Gasteiger partial charge in [0, 0.05) is 25.7 Å². The van der Waals surface area contributed by atoms with E-state index in [9.17, 15) is 9.18 Å². The Labute approximate surface area is 118 Å². The predicted octanol–water partition coefficient (Wildman–Crippen LogP) is 1.66. The number of hydrogen-bond donors (Lipinski definition) is 1. The van der Waals surface area contributed by atoms with Crippen molar-refractivity contribution in [1.82, 2.24) is 10.2 Å². The molecular weight excluding hydrogens is 257 g/mol. The highest BCUT2D eigenvalue weighted by atomic mass is 19.1. The highest BCUT2D eigenvalue weighted by Gasteiger charge is 2.39. The molecule has 1 heterocycles. The fraction of sp³-hybridized carbons (Fsp3) is 0.467. The maximum Gasteiger partial charge on any atom is 0.227 e. The first-order valence-corrected chi connectivity index (χ1v) is 6.61. The van der Waals surface area contributed by atoms with Gasteiger partial charge in [-0.15, -0.1) is 0 Å². The average Bonchev–Trinajstić information content (AvgIpc) is 2.83. The highest BCUT2D eigenvalue weighted by molar-refractivity contribution is 5.82. The molecule has 0 saturated carbocycles. The zero-order chi connectivity index (χ0) is 14.8. The van der Waals surface area contributed by atoms with Gasteiger partial charge in [-0.05, 0) is 32.0 Å². The molecule has 1 aromatic rings. The third kappa shape index (κ3) is 2.81. The summed E-state index contributed by atoms with van der Waals surface area (Å²) in [6.45, 7) is 3.78. The lowest BCUT2D eigenvalue weighted by Crippen LogP contribution is -2.39. The number of carbonyl (C=O) groups is 1. The summed E-state index contributed by atoms with van der Waals surface area (Å²) in [6, 6.07) is 6.43. The Hall–Kier alpha value is -1.93. The van der Waals surface area contributed by atoms with Crippen molar-refractivity contribution >= 4 is 5.91 Å². The summed E-state index contributed by atoms with van der Waals surface area (Å²) < 4.78 is 13.9. The van der Waals surface area contributed by atoms with E-state index < -0.39 is 5.41 Å². The maximum atomic E-state index is 13.9. The maximum absolute atomic E-state index is 13.9. The van der Waals surface area contributed by atoms with Crippen LogP contribution in [0.15, 0.2) is 18.2 Å². The number of nitrogens with zero attached hydrogens (tertiary/aromatic N) is 2. The van der Waals surface area contributed by atoms with E-state index in [0.29, 0.717) is 24.2 Å². The van der Waals surface area contributed by atoms with Crippen LogP contribution >= 0.6 is 0 Å². The Morgan fingerprint density at radius 1 is 1.60 bits per heavy atom. The van der Waals surface area contributed by atoms with Crippen molar-refractivity contribution < 1.29 is 9.18 Å². The molecule has 1 unspecified atom stereocenters. The number of carbonyl (C=O) groups excluding carboxylic acids is 1. The van der Waals surface area contributed by atoms with Gasteiger partial charge in [-0.25, -0.2) is 4.39 Å². The molecule has 5 heteroatoms. The van der Waals surface area contributed by atoms with Crippen LogP contribution in [-0.4, -0.2) is 30.9 Å². The molecule has 0 aliphatic carbocycles. The van der Waals surface area contributed by atoms with E-state index in [1.54, 1.807) is 19.2 Å². The number of nitrogens with one attached hydrogen (secondary N) is 1. The van der Waals surface area contributed by atoms with Crippen molar-refractivity contribution in [2.75, 3.05) is 20.1 Å². The first-order chi connectivity index (χ1) is 9.48. The Morgan fingerprint density at radius 3 is 2.95 bits per heavy atom. The van der Waals surface area contributed by atoms with Crippen LogP contribution in [0.3, 0.4) is 0 Å². The number of benzene rings is 1. The molecule has 1 fully saturated rings. The normalized spacial score (nSPS) is 22.5. The molecule has 2 rings (SSSR count). The summed E-state index contributed by atoms with van der Waals surface area (Å²) in [7, 11) is 1.64. The molecule has 20 heavy (non-hydrogen) atoms. The zero-order valence-electron chi connectivity index (χ0n) is 11.7. The van der Waals surface area contributed by atoms with E-state index in [1.807, 2.05) is 13.0 Å².